The number of benzene rings is 7. The third-order valence-corrected chi connectivity index (χ3v) is 11.3. The zero-order chi connectivity index (χ0) is 31.6. The van der Waals surface area contributed by atoms with Gasteiger partial charge >= 0.3 is 0 Å². The highest BCUT2D eigenvalue weighted by Gasteiger charge is 2.17. The fourth-order valence-corrected chi connectivity index (χ4v) is 8.94. The molecule has 5 heteroatoms. The Morgan fingerprint density at radius 1 is 0.438 bits per heavy atom. The molecule has 0 atom stereocenters. The summed E-state index contributed by atoms with van der Waals surface area (Å²) in [6, 6.07) is 55.9. The maximum atomic E-state index is 6.26. The quantitative estimate of drug-likeness (QED) is 0.186. The summed E-state index contributed by atoms with van der Waals surface area (Å²) in [6.45, 7) is 0. The van der Waals surface area contributed by atoms with Gasteiger partial charge < -0.3 is 9.32 Å². The van der Waals surface area contributed by atoms with E-state index in [2.05, 4.69) is 150 Å². The molecule has 0 N–H and O–H groups in total. The van der Waals surface area contributed by atoms with E-state index in [-0.39, 0.29) is 0 Å². The minimum Gasteiger partial charge on any atom is -0.456 e. The molecule has 0 amide bonds. The van der Waals surface area contributed by atoms with E-state index in [0.717, 1.165) is 55.1 Å². The second-order valence-corrected chi connectivity index (χ2v) is 14.1. The molecule has 0 aliphatic carbocycles. The Bertz CT molecular complexity index is 2780. The van der Waals surface area contributed by atoms with Crippen LogP contribution in [0.4, 0.5) is 17.1 Å². The second kappa shape index (κ2) is 10.9. The van der Waals surface area contributed by atoms with Gasteiger partial charge in [0.25, 0.3) is 0 Å². The first-order valence-electron chi connectivity index (χ1n) is 15.9. The molecule has 0 saturated heterocycles. The lowest BCUT2D eigenvalue weighted by Crippen LogP contribution is -2.09. The Hall–Kier alpha value is -5.75. The maximum Gasteiger partial charge on any atom is 0.137 e. The van der Waals surface area contributed by atoms with Crippen LogP contribution in [-0.4, -0.2) is 4.98 Å². The third kappa shape index (κ3) is 4.43. The molecule has 226 valence electrons. The number of thiophene rings is 1. The predicted octanol–water partition coefficient (Wildman–Crippen LogP) is 13.4. The van der Waals surface area contributed by atoms with Gasteiger partial charge in [0.15, 0.2) is 0 Å². The van der Waals surface area contributed by atoms with Crippen LogP contribution in [0.5, 0.6) is 0 Å². The lowest BCUT2D eigenvalue weighted by atomic mass is 10.0. The molecule has 0 aliphatic rings. The van der Waals surface area contributed by atoms with Gasteiger partial charge in [-0.1, -0.05) is 91.0 Å². The Kier molecular flexibility index (Phi) is 6.22. The highest BCUT2D eigenvalue weighted by molar-refractivity contribution is 7.26. The first kappa shape index (κ1) is 27.4. The summed E-state index contributed by atoms with van der Waals surface area (Å²) < 4.78 is 10.0. The van der Waals surface area contributed by atoms with Gasteiger partial charge in [0, 0.05) is 59.6 Å². The standard InChI is InChI=1S/C43H26N2OS2/c1-3-9-28(10-4-1)43-44-42-39(48-43)24-23-38-41(42)35-21-17-29(25-40(35)47-38)27-15-18-31(19-16-27)45(30-11-5-2-6-12-30)32-20-22-34-33-13-7-8-14-36(33)46-37(34)26-32/h1-26H. The van der Waals surface area contributed by atoms with Crippen molar-refractivity contribution in [3.8, 4) is 21.7 Å². The number of anilines is 3. The zero-order valence-corrected chi connectivity index (χ0v) is 27.3. The van der Waals surface area contributed by atoms with E-state index in [0.29, 0.717) is 0 Å². The molecule has 10 aromatic rings. The molecule has 3 aromatic heterocycles. The molecular formula is C43H26N2OS2. The van der Waals surface area contributed by atoms with E-state index in [1.807, 2.05) is 23.5 Å². The van der Waals surface area contributed by atoms with Crippen LogP contribution in [-0.2, 0) is 0 Å². The number of furan rings is 1. The van der Waals surface area contributed by atoms with Crippen LogP contribution in [0.1, 0.15) is 0 Å². The summed E-state index contributed by atoms with van der Waals surface area (Å²) in [5.74, 6) is 0. The number of hydrogen-bond donors (Lipinski definition) is 0. The molecule has 0 aliphatic heterocycles. The first-order chi connectivity index (χ1) is 23.8. The van der Waals surface area contributed by atoms with Gasteiger partial charge in [0.1, 0.15) is 16.2 Å². The number of para-hydroxylation sites is 2. The van der Waals surface area contributed by atoms with Gasteiger partial charge in [-0.15, -0.1) is 22.7 Å². The Morgan fingerprint density at radius 3 is 1.96 bits per heavy atom. The topological polar surface area (TPSA) is 29.3 Å². The largest absolute Gasteiger partial charge is 0.456 e. The number of fused-ring (bicyclic) bond motifs is 8. The summed E-state index contributed by atoms with van der Waals surface area (Å²) in [5.41, 5.74) is 9.67. The van der Waals surface area contributed by atoms with Crippen LogP contribution < -0.4 is 4.90 Å². The van der Waals surface area contributed by atoms with Crippen molar-refractivity contribution in [3.63, 3.8) is 0 Å². The van der Waals surface area contributed by atoms with Crippen molar-refractivity contribution in [2.24, 2.45) is 0 Å². The van der Waals surface area contributed by atoms with Crippen LogP contribution in [0.3, 0.4) is 0 Å². The average Bonchev–Trinajstić information content (AvgIpc) is 3.85. The summed E-state index contributed by atoms with van der Waals surface area (Å²) in [4.78, 5) is 7.42. The van der Waals surface area contributed by atoms with Gasteiger partial charge in [0.05, 0.1) is 10.2 Å². The van der Waals surface area contributed by atoms with Crippen molar-refractivity contribution < 1.29 is 4.42 Å². The zero-order valence-electron chi connectivity index (χ0n) is 25.6. The number of rotatable bonds is 5. The van der Waals surface area contributed by atoms with Crippen LogP contribution >= 0.6 is 22.7 Å². The number of aromatic nitrogens is 1. The van der Waals surface area contributed by atoms with Crippen molar-refractivity contribution >= 4 is 92.1 Å². The van der Waals surface area contributed by atoms with Gasteiger partial charge in [-0.05, 0) is 71.8 Å². The summed E-state index contributed by atoms with van der Waals surface area (Å²) in [7, 11) is 0. The average molecular weight is 651 g/mol. The van der Waals surface area contributed by atoms with Crippen molar-refractivity contribution in [1.29, 1.82) is 0 Å². The van der Waals surface area contributed by atoms with Crippen LogP contribution in [0.15, 0.2) is 162 Å². The second-order valence-electron chi connectivity index (χ2n) is 12.0. The molecule has 7 aromatic carbocycles. The Balaban J connectivity index is 1.03. The Morgan fingerprint density at radius 2 is 1.10 bits per heavy atom. The molecule has 10 rings (SSSR count). The predicted molar refractivity (Wildman–Crippen MR) is 205 cm³/mol. The molecule has 0 unspecified atom stereocenters. The highest BCUT2D eigenvalue weighted by atomic mass is 32.1. The van der Waals surface area contributed by atoms with E-state index in [1.54, 1.807) is 11.3 Å². The van der Waals surface area contributed by atoms with E-state index in [9.17, 15) is 0 Å². The molecule has 0 spiro atoms. The van der Waals surface area contributed by atoms with Gasteiger partial charge in [-0.3, -0.25) is 0 Å². The molecule has 0 fully saturated rings. The SMILES string of the molecule is c1ccc(-c2nc3c(ccc4sc5cc(-c6ccc(N(c7ccccc7)c7ccc8c(c7)oc7ccccc78)cc6)ccc5c43)s2)cc1. The number of nitrogens with zero attached hydrogens (tertiary/aromatic N) is 2. The number of hydrogen-bond acceptors (Lipinski definition) is 5. The minimum absolute atomic E-state index is 0.883. The maximum absolute atomic E-state index is 6.26. The van der Waals surface area contributed by atoms with Crippen molar-refractivity contribution in [2.75, 3.05) is 4.90 Å². The van der Waals surface area contributed by atoms with Crippen molar-refractivity contribution in [2.45, 2.75) is 0 Å². The van der Waals surface area contributed by atoms with Crippen molar-refractivity contribution in [1.82, 2.24) is 4.98 Å². The Labute approximate surface area is 284 Å². The van der Waals surface area contributed by atoms with Gasteiger partial charge in [0.2, 0.25) is 0 Å². The van der Waals surface area contributed by atoms with E-state index in [1.165, 1.54) is 36.0 Å². The normalized spacial score (nSPS) is 11.8. The molecule has 3 nitrogen and oxygen atoms in total. The molecule has 0 radical (unpaired) electrons. The fourth-order valence-electron chi connectivity index (χ4n) is 6.82. The smallest absolute Gasteiger partial charge is 0.137 e. The lowest BCUT2D eigenvalue weighted by molar-refractivity contribution is 0.669. The van der Waals surface area contributed by atoms with Gasteiger partial charge in [-0.2, -0.15) is 0 Å². The molecule has 0 saturated carbocycles. The van der Waals surface area contributed by atoms with Crippen LogP contribution in [0, 0.1) is 0 Å². The summed E-state index contributed by atoms with van der Waals surface area (Å²) in [6.07, 6.45) is 0. The fraction of sp³-hybridized carbons (Fsp3) is 0. The summed E-state index contributed by atoms with van der Waals surface area (Å²) in [5, 5.41) is 5.85. The van der Waals surface area contributed by atoms with Gasteiger partial charge in [-0.25, -0.2) is 4.98 Å². The lowest BCUT2D eigenvalue weighted by Gasteiger charge is -2.25. The van der Waals surface area contributed by atoms with Crippen LogP contribution in [0.25, 0.3) is 74.0 Å². The molecular weight excluding hydrogens is 625 g/mol. The number of thiazole rings is 1. The minimum atomic E-state index is 0.883. The third-order valence-electron chi connectivity index (χ3n) is 9.11. The molecule has 0 bridgehead atoms. The molecule has 48 heavy (non-hydrogen) atoms. The van der Waals surface area contributed by atoms with Crippen molar-refractivity contribution in [3.05, 3.63) is 158 Å². The summed E-state index contributed by atoms with van der Waals surface area (Å²) >= 11 is 3.61. The van der Waals surface area contributed by atoms with Crippen LogP contribution in [0.2, 0.25) is 0 Å². The molecule has 3 heterocycles. The van der Waals surface area contributed by atoms with E-state index < -0.39 is 0 Å². The highest BCUT2D eigenvalue weighted by Crippen LogP contribution is 2.43. The monoisotopic (exact) mass is 650 g/mol. The first-order valence-corrected chi connectivity index (χ1v) is 17.6. The van der Waals surface area contributed by atoms with E-state index in [4.69, 9.17) is 9.40 Å². The van der Waals surface area contributed by atoms with E-state index >= 15 is 0 Å².